The van der Waals surface area contributed by atoms with E-state index in [-0.39, 0.29) is 35.5 Å². The van der Waals surface area contributed by atoms with Crippen molar-refractivity contribution in [3.8, 4) is 11.5 Å². The standard InChI is InChI=1S/C22H24N2O4/c1-3-27-13-6-5-12(18(9-13)28-4-2)11-23-24-21(25)19-14-7-8-15(17-10-16(14)17)20(19)22(24)26/h5-9,11,14-17,19-20H,3-4,10H2,1-2H3/b23-11-/t14-,15-,16-,17+,19-,20+/m0/s1. The van der Waals surface area contributed by atoms with Crippen molar-refractivity contribution >= 4 is 18.0 Å². The Morgan fingerprint density at radius 3 is 2.29 bits per heavy atom. The van der Waals surface area contributed by atoms with E-state index in [2.05, 4.69) is 17.3 Å². The molecule has 6 atom stereocenters. The van der Waals surface area contributed by atoms with Crippen LogP contribution in [0, 0.1) is 35.5 Å². The zero-order valence-electron chi connectivity index (χ0n) is 16.1. The van der Waals surface area contributed by atoms with Crippen molar-refractivity contribution in [3.05, 3.63) is 35.9 Å². The number of benzene rings is 1. The van der Waals surface area contributed by atoms with Crippen molar-refractivity contribution in [1.82, 2.24) is 5.01 Å². The number of rotatable bonds is 6. The van der Waals surface area contributed by atoms with Gasteiger partial charge in [0.15, 0.2) is 0 Å². The first-order chi connectivity index (χ1) is 13.6. The summed E-state index contributed by atoms with van der Waals surface area (Å²) in [5.74, 6) is 2.17. The molecular weight excluding hydrogens is 356 g/mol. The van der Waals surface area contributed by atoms with E-state index in [1.165, 1.54) is 0 Å². The second-order valence-corrected chi connectivity index (χ2v) is 7.95. The van der Waals surface area contributed by atoms with Crippen LogP contribution in [0.4, 0.5) is 0 Å². The molecule has 0 radical (unpaired) electrons. The molecule has 5 aliphatic rings. The SMILES string of the molecule is CCOc1ccc(/C=N\N2C(=O)[C@@H]3[C@H]4C=C[C@@H]([C@@H]5C[C@H]45)[C@@H]3C2=O)c(OCC)c1. The highest BCUT2D eigenvalue weighted by molar-refractivity contribution is 6.06. The lowest BCUT2D eigenvalue weighted by Crippen LogP contribution is -2.40. The highest BCUT2D eigenvalue weighted by atomic mass is 16.5. The summed E-state index contributed by atoms with van der Waals surface area (Å²) >= 11 is 0. The number of ether oxygens (including phenoxy) is 2. The van der Waals surface area contributed by atoms with E-state index in [4.69, 9.17) is 9.47 Å². The third-order valence-corrected chi connectivity index (χ3v) is 6.55. The van der Waals surface area contributed by atoms with E-state index in [0.29, 0.717) is 42.1 Å². The summed E-state index contributed by atoms with van der Waals surface area (Å²) in [6.45, 7) is 4.89. The van der Waals surface area contributed by atoms with Gasteiger partial charge in [-0.25, -0.2) is 0 Å². The van der Waals surface area contributed by atoms with Crippen LogP contribution in [-0.4, -0.2) is 36.3 Å². The Morgan fingerprint density at radius 1 is 1.04 bits per heavy atom. The van der Waals surface area contributed by atoms with Gasteiger partial charge in [0.1, 0.15) is 11.5 Å². The quantitative estimate of drug-likeness (QED) is 0.432. The minimum absolute atomic E-state index is 0.153. The third-order valence-electron chi connectivity index (χ3n) is 6.55. The van der Waals surface area contributed by atoms with Crippen LogP contribution in [-0.2, 0) is 9.59 Å². The zero-order valence-corrected chi connectivity index (χ0v) is 16.1. The molecule has 28 heavy (non-hydrogen) atoms. The lowest BCUT2D eigenvalue weighted by atomic mass is 9.63. The van der Waals surface area contributed by atoms with Crippen LogP contribution in [0.5, 0.6) is 11.5 Å². The van der Waals surface area contributed by atoms with Crippen molar-refractivity contribution in [2.45, 2.75) is 20.3 Å². The number of carbonyl (C=O) groups excluding carboxylic acids is 2. The first-order valence-electron chi connectivity index (χ1n) is 10.1. The molecule has 1 aromatic rings. The van der Waals surface area contributed by atoms with Gasteiger partial charge in [-0.3, -0.25) is 9.59 Å². The number of amides is 2. The number of allylic oxidation sites excluding steroid dienone is 2. The lowest BCUT2D eigenvalue weighted by molar-refractivity contribution is -0.140. The fourth-order valence-electron chi connectivity index (χ4n) is 5.33. The van der Waals surface area contributed by atoms with Crippen LogP contribution < -0.4 is 9.47 Å². The van der Waals surface area contributed by atoms with Gasteiger partial charge in [0.25, 0.3) is 11.8 Å². The van der Waals surface area contributed by atoms with Crippen molar-refractivity contribution in [2.24, 2.45) is 40.6 Å². The summed E-state index contributed by atoms with van der Waals surface area (Å²) in [6, 6.07) is 5.47. The van der Waals surface area contributed by atoms with E-state index in [1.54, 1.807) is 12.3 Å². The predicted octanol–water partition coefficient (Wildman–Crippen LogP) is 2.87. The van der Waals surface area contributed by atoms with E-state index in [1.807, 2.05) is 26.0 Å². The monoisotopic (exact) mass is 380 g/mol. The maximum absolute atomic E-state index is 13.0. The minimum Gasteiger partial charge on any atom is -0.494 e. The summed E-state index contributed by atoms with van der Waals surface area (Å²) in [7, 11) is 0. The van der Waals surface area contributed by atoms with E-state index < -0.39 is 0 Å². The molecule has 2 bridgehead atoms. The summed E-state index contributed by atoms with van der Waals surface area (Å²) in [6.07, 6.45) is 7.03. The molecule has 0 unspecified atom stereocenters. The third kappa shape index (κ3) is 2.50. The Labute approximate surface area is 164 Å². The molecule has 4 aliphatic carbocycles. The fourth-order valence-corrected chi connectivity index (χ4v) is 5.33. The molecule has 6 heteroatoms. The van der Waals surface area contributed by atoms with Crippen molar-refractivity contribution in [2.75, 3.05) is 13.2 Å². The predicted molar refractivity (Wildman–Crippen MR) is 103 cm³/mol. The lowest BCUT2D eigenvalue weighted by Gasteiger charge is -2.37. The van der Waals surface area contributed by atoms with Gasteiger partial charge in [-0.05, 0) is 56.1 Å². The maximum atomic E-state index is 13.0. The van der Waals surface area contributed by atoms with E-state index in [9.17, 15) is 9.59 Å². The number of nitrogens with zero attached hydrogens (tertiary/aromatic N) is 2. The van der Waals surface area contributed by atoms with Crippen molar-refractivity contribution < 1.29 is 19.1 Å². The fraction of sp³-hybridized carbons (Fsp3) is 0.500. The molecule has 0 N–H and O–H groups in total. The van der Waals surface area contributed by atoms with Gasteiger partial charge in [0, 0.05) is 11.6 Å². The van der Waals surface area contributed by atoms with E-state index in [0.717, 1.165) is 11.4 Å². The number of carbonyl (C=O) groups is 2. The normalized spacial score (nSPS) is 34.7. The largest absolute Gasteiger partial charge is 0.494 e. The van der Waals surface area contributed by atoms with Crippen LogP contribution >= 0.6 is 0 Å². The van der Waals surface area contributed by atoms with Gasteiger partial charge in [-0.15, -0.1) is 0 Å². The highest BCUT2D eigenvalue weighted by Crippen LogP contribution is 2.65. The van der Waals surface area contributed by atoms with Crippen LogP contribution in [0.1, 0.15) is 25.8 Å². The first kappa shape index (κ1) is 17.5. The molecule has 146 valence electrons. The summed E-state index contributed by atoms with van der Waals surface area (Å²) < 4.78 is 11.2. The molecule has 1 aromatic carbocycles. The first-order valence-corrected chi connectivity index (χ1v) is 10.1. The zero-order chi connectivity index (χ0) is 19.4. The molecule has 1 heterocycles. The molecular formula is C22H24N2O4. The molecule has 0 spiro atoms. The minimum atomic E-state index is -0.227. The number of hydrogen-bond donors (Lipinski definition) is 0. The molecule has 6 rings (SSSR count). The molecule has 1 aliphatic heterocycles. The summed E-state index contributed by atoms with van der Waals surface area (Å²) in [4.78, 5) is 26.0. The summed E-state index contributed by atoms with van der Waals surface area (Å²) in [5, 5.41) is 5.39. The van der Waals surface area contributed by atoms with Gasteiger partial charge in [-0.1, -0.05) is 12.2 Å². The molecule has 2 saturated carbocycles. The Morgan fingerprint density at radius 2 is 1.68 bits per heavy atom. The topological polar surface area (TPSA) is 68.2 Å². The van der Waals surface area contributed by atoms with Gasteiger partial charge in [0.05, 0.1) is 31.3 Å². The van der Waals surface area contributed by atoms with Crippen molar-refractivity contribution in [1.29, 1.82) is 0 Å². The number of hydrazone groups is 1. The van der Waals surface area contributed by atoms with Gasteiger partial charge >= 0.3 is 0 Å². The van der Waals surface area contributed by atoms with Gasteiger partial charge in [-0.2, -0.15) is 10.1 Å². The smallest absolute Gasteiger partial charge is 0.254 e. The Bertz CT molecular complexity index is 857. The molecule has 0 aromatic heterocycles. The second kappa shape index (κ2) is 6.47. The maximum Gasteiger partial charge on any atom is 0.254 e. The number of hydrogen-bond acceptors (Lipinski definition) is 5. The van der Waals surface area contributed by atoms with Crippen molar-refractivity contribution in [3.63, 3.8) is 0 Å². The highest BCUT2D eigenvalue weighted by Gasteiger charge is 2.67. The van der Waals surface area contributed by atoms with Crippen LogP contribution in [0.2, 0.25) is 0 Å². The second-order valence-electron chi connectivity index (χ2n) is 7.95. The van der Waals surface area contributed by atoms with Gasteiger partial charge < -0.3 is 9.47 Å². The Hall–Kier alpha value is -2.63. The van der Waals surface area contributed by atoms with Crippen LogP contribution in [0.3, 0.4) is 0 Å². The molecule has 3 fully saturated rings. The molecule has 1 saturated heterocycles. The molecule has 2 amide bonds. The summed E-state index contributed by atoms with van der Waals surface area (Å²) in [5.41, 5.74) is 0.713. The van der Waals surface area contributed by atoms with E-state index >= 15 is 0 Å². The van der Waals surface area contributed by atoms with Gasteiger partial charge in [0.2, 0.25) is 0 Å². The Kier molecular flexibility index (Phi) is 4.03. The number of imide groups is 1. The van der Waals surface area contributed by atoms with Crippen LogP contribution in [0.25, 0.3) is 0 Å². The van der Waals surface area contributed by atoms with Crippen LogP contribution in [0.15, 0.2) is 35.5 Å². The average Bonchev–Trinajstić information content (AvgIpc) is 3.47. The Balaban J connectivity index is 1.40. The molecule has 6 nitrogen and oxygen atoms in total. The average molecular weight is 380 g/mol.